The van der Waals surface area contributed by atoms with Crippen molar-refractivity contribution in [2.75, 3.05) is 31.1 Å². The molecule has 0 spiro atoms. The fourth-order valence-electron chi connectivity index (χ4n) is 1.91. The molecule has 0 saturated carbocycles. The van der Waals surface area contributed by atoms with Gasteiger partial charge in [-0.25, -0.2) is 4.98 Å². The number of nitrogens with one attached hydrogen (secondary N) is 1. The average molecular weight is 217 g/mol. The first-order valence-corrected chi connectivity index (χ1v) is 5.86. The summed E-state index contributed by atoms with van der Waals surface area (Å²) in [6, 6.07) is 6.16. The van der Waals surface area contributed by atoms with E-state index in [1.165, 1.54) is 6.42 Å². The minimum atomic E-state index is 0.995. The summed E-state index contributed by atoms with van der Waals surface area (Å²) in [7, 11) is 0. The molecule has 0 bridgehead atoms. The molecule has 0 atom stereocenters. The molecule has 0 unspecified atom stereocenters. The quantitative estimate of drug-likeness (QED) is 0.820. The highest BCUT2D eigenvalue weighted by Crippen LogP contribution is 2.16. The monoisotopic (exact) mass is 217 g/mol. The topological polar surface area (TPSA) is 28.2 Å². The number of anilines is 1. The van der Waals surface area contributed by atoms with Crippen molar-refractivity contribution in [3.05, 3.63) is 30.5 Å². The largest absolute Gasteiger partial charge is 0.355 e. The van der Waals surface area contributed by atoms with Crippen LogP contribution in [0.1, 0.15) is 19.0 Å². The van der Waals surface area contributed by atoms with Crippen molar-refractivity contribution >= 4 is 11.4 Å². The zero-order valence-corrected chi connectivity index (χ0v) is 9.87. The third-order valence-electron chi connectivity index (χ3n) is 2.84. The smallest absolute Gasteiger partial charge is 0.129 e. The first-order valence-electron chi connectivity index (χ1n) is 5.86. The van der Waals surface area contributed by atoms with Gasteiger partial charge in [0, 0.05) is 19.6 Å². The Morgan fingerprint density at radius 3 is 3.06 bits per heavy atom. The van der Waals surface area contributed by atoms with Gasteiger partial charge in [0.1, 0.15) is 5.82 Å². The summed E-state index contributed by atoms with van der Waals surface area (Å²) in [6.45, 7) is 10.2. The van der Waals surface area contributed by atoms with Gasteiger partial charge in [0.15, 0.2) is 0 Å². The first-order chi connectivity index (χ1) is 7.77. The molecule has 1 aliphatic rings. The molecule has 1 aromatic heterocycles. The Labute approximate surface area is 97.2 Å². The molecule has 16 heavy (non-hydrogen) atoms. The van der Waals surface area contributed by atoms with Crippen LogP contribution in [0.2, 0.25) is 0 Å². The number of pyridine rings is 1. The Morgan fingerprint density at radius 1 is 1.38 bits per heavy atom. The third kappa shape index (κ3) is 2.61. The summed E-state index contributed by atoms with van der Waals surface area (Å²) in [5.74, 6) is 1.07. The van der Waals surface area contributed by atoms with Crippen LogP contribution in [0.3, 0.4) is 0 Å². The molecule has 3 nitrogen and oxygen atoms in total. The Morgan fingerprint density at radius 2 is 2.25 bits per heavy atom. The Hall–Kier alpha value is -1.35. The molecule has 0 aliphatic carbocycles. The maximum absolute atomic E-state index is 4.64. The van der Waals surface area contributed by atoms with Crippen molar-refractivity contribution in [2.45, 2.75) is 13.3 Å². The number of nitrogens with zero attached hydrogens (tertiary/aromatic N) is 2. The van der Waals surface area contributed by atoms with Crippen LogP contribution in [0.4, 0.5) is 5.82 Å². The van der Waals surface area contributed by atoms with Crippen LogP contribution in [-0.2, 0) is 0 Å². The van der Waals surface area contributed by atoms with Crippen LogP contribution in [0.25, 0.3) is 5.57 Å². The lowest BCUT2D eigenvalue weighted by Crippen LogP contribution is -2.28. The van der Waals surface area contributed by atoms with Gasteiger partial charge >= 0.3 is 0 Å². The number of rotatable bonds is 2. The lowest BCUT2D eigenvalue weighted by molar-refractivity contribution is 0.724. The predicted molar refractivity (Wildman–Crippen MR) is 68.6 cm³/mol. The second-order valence-corrected chi connectivity index (χ2v) is 4.25. The Balaban J connectivity index is 2.18. The molecule has 1 aliphatic heterocycles. The van der Waals surface area contributed by atoms with Gasteiger partial charge in [0.2, 0.25) is 0 Å². The predicted octanol–water partition coefficient (Wildman–Crippen LogP) is 1.91. The molecule has 0 radical (unpaired) electrons. The molecular formula is C13H19N3. The minimum absolute atomic E-state index is 0.995. The van der Waals surface area contributed by atoms with E-state index in [2.05, 4.69) is 33.9 Å². The Kier molecular flexibility index (Phi) is 3.57. The van der Waals surface area contributed by atoms with Crippen LogP contribution in [-0.4, -0.2) is 31.2 Å². The maximum Gasteiger partial charge on any atom is 0.129 e. The van der Waals surface area contributed by atoms with E-state index in [1.807, 2.05) is 13.0 Å². The van der Waals surface area contributed by atoms with Crippen LogP contribution >= 0.6 is 0 Å². The highest BCUT2D eigenvalue weighted by atomic mass is 15.2. The summed E-state index contributed by atoms with van der Waals surface area (Å²) in [5, 5.41) is 3.40. The molecule has 1 fully saturated rings. The second-order valence-electron chi connectivity index (χ2n) is 4.25. The molecule has 0 amide bonds. The number of allylic oxidation sites excluding steroid dienone is 1. The molecule has 1 aromatic rings. The molecule has 2 heterocycles. The average Bonchev–Trinajstić information content (AvgIpc) is 2.57. The van der Waals surface area contributed by atoms with Gasteiger partial charge in [-0.05, 0) is 37.6 Å². The number of aromatic nitrogens is 1. The molecule has 1 N–H and O–H groups in total. The fraction of sp³-hybridized carbons (Fsp3) is 0.462. The van der Waals surface area contributed by atoms with E-state index in [0.717, 1.165) is 43.3 Å². The zero-order chi connectivity index (χ0) is 11.4. The minimum Gasteiger partial charge on any atom is -0.355 e. The van der Waals surface area contributed by atoms with E-state index < -0.39 is 0 Å². The highest BCUT2D eigenvalue weighted by molar-refractivity contribution is 5.59. The van der Waals surface area contributed by atoms with Gasteiger partial charge in [0.25, 0.3) is 0 Å². The van der Waals surface area contributed by atoms with Crippen molar-refractivity contribution in [1.29, 1.82) is 0 Å². The van der Waals surface area contributed by atoms with Gasteiger partial charge in [-0.2, -0.15) is 0 Å². The fourth-order valence-corrected chi connectivity index (χ4v) is 1.91. The van der Waals surface area contributed by atoms with E-state index >= 15 is 0 Å². The number of hydrogen-bond donors (Lipinski definition) is 1. The SMILES string of the molecule is C=C(C)c1cccc(N2CCCNCC2)n1. The summed E-state index contributed by atoms with van der Waals surface area (Å²) in [6.07, 6.45) is 1.18. The normalized spacial score (nSPS) is 16.9. The third-order valence-corrected chi connectivity index (χ3v) is 2.84. The van der Waals surface area contributed by atoms with E-state index in [4.69, 9.17) is 0 Å². The van der Waals surface area contributed by atoms with Crippen molar-refractivity contribution in [1.82, 2.24) is 10.3 Å². The van der Waals surface area contributed by atoms with Gasteiger partial charge in [-0.3, -0.25) is 0 Å². The van der Waals surface area contributed by atoms with Crippen molar-refractivity contribution in [2.24, 2.45) is 0 Å². The van der Waals surface area contributed by atoms with E-state index in [-0.39, 0.29) is 0 Å². The summed E-state index contributed by atoms with van der Waals surface area (Å²) in [5.41, 5.74) is 2.02. The molecule has 3 heteroatoms. The molecule has 86 valence electrons. The summed E-state index contributed by atoms with van der Waals surface area (Å²) >= 11 is 0. The molecular weight excluding hydrogens is 198 g/mol. The van der Waals surface area contributed by atoms with Crippen LogP contribution in [0, 0.1) is 0 Å². The zero-order valence-electron chi connectivity index (χ0n) is 9.87. The lowest BCUT2D eigenvalue weighted by atomic mass is 10.2. The highest BCUT2D eigenvalue weighted by Gasteiger charge is 2.10. The van der Waals surface area contributed by atoms with Crippen LogP contribution < -0.4 is 10.2 Å². The van der Waals surface area contributed by atoms with Gasteiger partial charge in [0.05, 0.1) is 5.69 Å². The summed E-state index contributed by atoms with van der Waals surface area (Å²) < 4.78 is 0. The van der Waals surface area contributed by atoms with Gasteiger partial charge < -0.3 is 10.2 Å². The van der Waals surface area contributed by atoms with Gasteiger partial charge in [-0.15, -0.1) is 0 Å². The van der Waals surface area contributed by atoms with Crippen molar-refractivity contribution in [3.8, 4) is 0 Å². The van der Waals surface area contributed by atoms with Crippen molar-refractivity contribution in [3.63, 3.8) is 0 Å². The van der Waals surface area contributed by atoms with E-state index in [9.17, 15) is 0 Å². The summed E-state index contributed by atoms with van der Waals surface area (Å²) in [4.78, 5) is 6.98. The molecule has 0 aromatic carbocycles. The standard InChI is InChI=1S/C13H19N3/c1-11(2)12-5-3-6-13(15-12)16-9-4-7-14-8-10-16/h3,5-6,14H,1,4,7-10H2,2H3. The van der Waals surface area contributed by atoms with Crippen molar-refractivity contribution < 1.29 is 0 Å². The van der Waals surface area contributed by atoms with E-state index in [1.54, 1.807) is 0 Å². The number of hydrogen-bond acceptors (Lipinski definition) is 3. The first kappa shape index (κ1) is 11.1. The second kappa shape index (κ2) is 5.12. The van der Waals surface area contributed by atoms with Gasteiger partial charge in [-0.1, -0.05) is 12.6 Å². The molecule has 2 rings (SSSR count). The van der Waals surface area contributed by atoms with E-state index in [0.29, 0.717) is 0 Å². The van der Waals surface area contributed by atoms with Crippen LogP contribution in [0.15, 0.2) is 24.8 Å². The Bertz CT molecular complexity index is 365. The van der Waals surface area contributed by atoms with Crippen LogP contribution in [0.5, 0.6) is 0 Å². The lowest BCUT2D eigenvalue weighted by Gasteiger charge is -2.21. The molecule has 1 saturated heterocycles. The maximum atomic E-state index is 4.64.